The van der Waals surface area contributed by atoms with E-state index in [0.717, 1.165) is 24.8 Å². The van der Waals surface area contributed by atoms with Gasteiger partial charge in [0.05, 0.1) is 5.60 Å². The van der Waals surface area contributed by atoms with Gasteiger partial charge in [-0.15, -0.1) is 0 Å². The van der Waals surface area contributed by atoms with Crippen molar-refractivity contribution in [3.63, 3.8) is 0 Å². The van der Waals surface area contributed by atoms with Crippen molar-refractivity contribution in [3.8, 4) is 0 Å². The summed E-state index contributed by atoms with van der Waals surface area (Å²) in [6.45, 7) is 7.72. The molecule has 0 rings (SSSR count). The average molecular weight is 198 g/mol. The van der Waals surface area contributed by atoms with Gasteiger partial charge in [-0.2, -0.15) is 0 Å². The predicted octanol–water partition coefficient (Wildman–Crippen LogP) is 3.12. The molecule has 0 radical (unpaired) electrons. The Balaban J connectivity index is 4.57. The zero-order valence-electron chi connectivity index (χ0n) is 10.0. The molecule has 14 heavy (non-hydrogen) atoms. The van der Waals surface area contributed by atoms with Crippen LogP contribution in [0.1, 0.15) is 47.0 Å². The van der Waals surface area contributed by atoms with Crippen LogP contribution in [0.5, 0.6) is 0 Å². The van der Waals surface area contributed by atoms with Crippen molar-refractivity contribution in [1.29, 1.82) is 0 Å². The number of carbonyl (C=O) groups is 1. The maximum Gasteiger partial charge on any atom is 0.152 e. The van der Waals surface area contributed by atoms with E-state index in [9.17, 15) is 4.79 Å². The lowest BCUT2D eigenvalue weighted by atomic mass is 9.90. The minimum Gasteiger partial charge on any atom is -0.374 e. The molecule has 0 aliphatic carbocycles. The topological polar surface area (TPSA) is 26.3 Å². The molecule has 82 valence electrons. The first-order valence-electron chi connectivity index (χ1n) is 5.20. The second kappa shape index (κ2) is 5.97. The van der Waals surface area contributed by atoms with Crippen molar-refractivity contribution in [2.24, 2.45) is 0 Å². The Bertz CT molecular complexity index is 218. The van der Waals surface area contributed by atoms with Gasteiger partial charge < -0.3 is 4.74 Å². The third-order valence-corrected chi connectivity index (χ3v) is 2.71. The Kier molecular flexibility index (Phi) is 5.70. The van der Waals surface area contributed by atoms with Gasteiger partial charge in [-0.1, -0.05) is 19.8 Å². The fourth-order valence-electron chi connectivity index (χ4n) is 1.43. The summed E-state index contributed by atoms with van der Waals surface area (Å²) in [7, 11) is 1.70. The van der Waals surface area contributed by atoms with Crippen LogP contribution in [-0.2, 0) is 9.53 Å². The summed E-state index contributed by atoms with van der Waals surface area (Å²) < 4.78 is 5.48. The third kappa shape index (κ3) is 4.05. The maximum absolute atomic E-state index is 11.0. The fraction of sp³-hybridized carbons (Fsp3) is 0.750. The summed E-state index contributed by atoms with van der Waals surface area (Å²) in [5.74, 6) is 0.0854. The van der Waals surface area contributed by atoms with Crippen LogP contribution in [0, 0.1) is 0 Å². The Morgan fingerprint density at radius 3 is 2.36 bits per heavy atom. The highest BCUT2D eigenvalue weighted by atomic mass is 16.5. The lowest BCUT2D eigenvalue weighted by Gasteiger charge is -2.29. The summed E-state index contributed by atoms with van der Waals surface area (Å²) in [6, 6.07) is 0. The molecule has 0 aromatic rings. The SMILES string of the molecule is CCCCC(C)(OC)/C(C)=C/C(C)=O. The van der Waals surface area contributed by atoms with Gasteiger partial charge in [0, 0.05) is 7.11 Å². The third-order valence-electron chi connectivity index (χ3n) is 2.71. The highest BCUT2D eigenvalue weighted by Gasteiger charge is 2.25. The van der Waals surface area contributed by atoms with Gasteiger partial charge in [-0.3, -0.25) is 4.79 Å². The van der Waals surface area contributed by atoms with E-state index in [-0.39, 0.29) is 11.4 Å². The van der Waals surface area contributed by atoms with E-state index in [1.54, 1.807) is 20.1 Å². The molecule has 2 nitrogen and oxygen atoms in total. The zero-order chi connectivity index (χ0) is 11.2. The van der Waals surface area contributed by atoms with Gasteiger partial charge in [-0.25, -0.2) is 0 Å². The van der Waals surface area contributed by atoms with Gasteiger partial charge >= 0.3 is 0 Å². The van der Waals surface area contributed by atoms with E-state index in [1.165, 1.54) is 0 Å². The normalized spacial score (nSPS) is 16.5. The van der Waals surface area contributed by atoms with E-state index < -0.39 is 0 Å². The number of unbranched alkanes of at least 4 members (excludes halogenated alkanes) is 1. The molecule has 1 atom stereocenters. The van der Waals surface area contributed by atoms with Crippen molar-refractivity contribution in [2.45, 2.75) is 52.6 Å². The summed E-state index contributed by atoms with van der Waals surface area (Å²) in [5, 5.41) is 0. The quantitative estimate of drug-likeness (QED) is 0.613. The molecule has 0 N–H and O–H groups in total. The molecule has 0 aliphatic heterocycles. The molecule has 0 aromatic heterocycles. The molecule has 0 saturated carbocycles. The maximum atomic E-state index is 11.0. The Labute approximate surface area is 87.3 Å². The summed E-state index contributed by atoms with van der Waals surface area (Å²) in [6.07, 6.45) is 4.90. The zero-order valence-corrected chi connectivity index (χ0v) is 10.0. The highest BCUT2D eigenvalue weighted by molar-refractivity contribution is 5.88. The molecule has 0 amide bonds. The number of methoxy groups -OCH3 is 1. The van der Waals surface area contributed by atoms with Gasteiger partial charge in [-0.05, 0) is 38.8 Å². The van der Waals surface area contributed by atoms with Crippen molar-refractivity contribution in [1.82, 2.24) is 0 Å². The van der Waals surface area contributed by atoms with Gasteiger partial charge in [0.25, 0.3) is 0 Å². The van der Waals surface area contributed by atoms with Crippen LogP contribution in [-0.4, -0.2) is 18.5 Å². The molecule has 0 aliphatic rings. The number of hydrogen-bond donors (Lipinski definition) is 0. The molecular weight excluding hydrogens is 176 g/mol. The minimum atomic E-state index is -0.276. The van der Waals surface area contributed by atoms with Crippen molar-refractivity contribution in [3.05, 3.63) is 11.6 Å². The Morgan fingerprint density at radius 1 is 1.43 bits per heavy atom. The summed E-state index contributed by atoms with van der Waals surface area (Å²) >= 11 is 0. The van der Waals surface area contributed by atoms with Crippen molar-refractivity contribution in [2.75, 3.05) is 7.11 Å². The average Bonchev–Trinajstić information content (AvgIpc) is 2.13. The van der Waals surface area contributed by atoms with Crippen LogP contribution < -0.4 is 0 Å². The molecule has 0 bridgehead atoms. The first kappa shape index (κ1) is 13.4. The van der Waals surface area contributed by atoms with Crippen molar-refractivity contribution < 1.29 is 9.53 Å². The molecule has 0 aromatic carbocycles. The van der Waals surface area contributed by atoms with Crippen LogP contribution >= 0.6 is 0 Å². The van der Waals surface area contributed by atoms with E-state index in [4.69, 9.17) is 4.74 Å². The van der Waals surface area contributed by atoms with Crippen LogP contribution in [0.2, 0.25) is 0 Å². The fourth-order valence-corrected chi connectivity index (χ4v) is 1.43. The second-order valence-electron chi connectivity index (χ2n) is 3.98. The van der Waals surface area contributed by atoms with Crippen LogP contribution in [0.15, 0.2) is 11.6 Å². The molecule has 0 heterocycles. The van der Waals surface area contributed by atoms with E-state index >= 15 is 0 Å². The first-order valence-corrected chi connectivity index (χ1v) is 5.20. The van der Waals surface area contributed by atoms with Crippen molar-refractivity contribution >= 4 is 5.78 Å². The molecular formula is C12H22O2. The first-order chi connectivity index (χ1) is 6.46. The summed E-state index contributed by atoms with van der Waals surface area (Å²) in [4.78, 5) is 11.0. The molecule has 1 unspecified atom stereocenters. The van der Waals surface area contributed by atoms with Crippen LogP contribution in [0.25, 0.3) is 0 Å². The van der Waals surface area contributed by atoms with E-state index in [1.807, 2.05) is 13.8 Å². The van der Waals surface area contributed by atoms with E-state index in [0.29, 0.717) is 0 Å². The largest absolute Gasteiger partial charge is 0.374 e. The number of rotatable bonds is 6. The summed E-state index contributed by atoms with van der Waals surface area (Å²) in [5.41, 5.74) is 0.739. The Hall–Kier alpha value is -0.630. The van der Waals surface area contributed by atoms with Gasteiger partial charge in [0.1, 0.15) is 0 Å². The van der Waals surface area contributed by atoms with E-state index in [2.05, 4.69) is 6.92 Å². The number of ether oxygens (including phenoxy) is 1. The van der Waals surface area contributed by atoms with Crippen LogP contribution in [0.3, 0.4) is 0 Å². The number of hydrogen-bond acceptors (Lipinski definition) is 2. The second-order valence-corrected chi connectivity index (χ2v) is 3.98. The lowest BCUT2D eigenvalue weighted by Crippen LogP contribution is -2.29. The molecule has 0 fully saturated rings. The minimum absolute atomic E-state index is 0.0854. The monoisotopic (exact) mass is 198 g/mol. The Morgan fingerprint density at radius 2 is 2.00 bits per heavy atom. The predicted molar refractivity (Wildman–Crippen MR) is 59.4 cm³/mol. The number of ketones is 1. The van der Waals surface area contributed by atoms with Gasteiger partial charge in [0.15, 0.2) is 5.78 Å². The number of carbonyl (C=O) groups excluding carboxylic acids is 1. The smallest absolute Gasteiger partial charge is 0.152 e. The highest BCUT2D eigenvalue weighted by Crippen LogP contribution is 2.26. The van der Waals surface area contributed by atoms with Gasteiger partial charge in [0.2, 0.25) is 0 Å². The number of allylic oxidation sites excluding steroid dienone is 1. The lowest BCUT2D eigenvalue weighted by molar-refractivity contribution is -0.112. The van der Waals surface area contributed by atoms with Crippen LogP contribution in [0.4, 0.5) is 0 Å². The standard InChI is InChI=1S/C12H22O2/c1-6-7-8-12(4,14-5)10(2)9-11(3)13/h9H,6-8H2,1-5H3/b10-9+. The molecule has 0 saturated heterocycles. The molecule has 0 spiro atoms. The molecule has 2 heteroatoms.